The summed E-state index contributed by atoms with van der Waals surface area (Å²) in [5, 5.41) is 3.61. The van der Waals surface area contributed by atoms with Crippen molar-refractivity contribution in [2.45, 2.75) is 24.7 Å². The summed E-state index contributed by atoms with van der Waals surface area (Å²) in [6, 6.07) is 9.63. The predicted octanol–water partition coefficient (Wildman–Crippen LogP) is 2.99. The lowest BCUT2D eigenvalue weighted by Gasteiger charge is -2.25. The first kappa shape index (κ1) is 10.7. The molecule has 1 unspecified atom stereocenters. The smallest absolute Gasteiger partial charge is 0.143 e. The Bertz CT molecular complexity index is 437. The van der Waals surface area contributed by atoms with Crippen LogP contribution in [0.4, 0.5) is 0 Å². The van der Waals surface area contributed by atoms with Gasteiger partial charge in [0.1, 0.15) is 5.78 Å². The highest BCUT2D eigenvalue weighted by Gasteiger charge is 2.42. The molecule has 1 aromatic rings. The molecule has 0 aliphatic heterocycles. The van der Waals surface area contributed by atoms with Gasteiger partial charge in [0.05, 0.1) is 5.41 Å². The molecule has 0 radical (unpaired) electrons. The van der Waals surface area contributed by atoms with Gasteiger partial charge in [0.2, 0.25) is 0 Å². The van der Waals surface area contributed by atoms with E-state index in [0.717, 1.165) is 18.4 Å². The zero-order valence-corrected chi connectivity index (χ0v) is 8.97. The second-order valence-corrected chi connectivity index (χ2v) is 4.11. The number of benzene rings is 1. The lowest BCUT2D eigenvalue weighted by Crippen LogP contribution is -2.34. The summed E-state index contributed by atoms with van der Waals surface area (Å²) in [5.41, 5.74) is 8.84. The van der Waals surface area contributed by atoms with Crippen LogP contribution in [-0.2, 0) is 10.2 Å². The number of hydrogen-bond donors (Lipinski definition) is 0. The predicted molar refractivity (Wildman–Crippen MR) is 61.0 cm³/mol. The summed E-state index contributed by atoms with van der Waals surface area (Å²) >= 11 is 0. The van der Waals surface area contributed by atoms with Gasteiger partial charge in [0, 0.05) is 17.9 Å². The second kappa shape index (κ2) is 4.37. The van der Waals surface area contributed by atoms with Crippen LogP contribution < -0.4 is 0 Å². The monoisotopic (exact) mass is 215 g/mol. The molecule has 4 nitrogen and oxygen atoms in total. The minimum atomic E-state index is -0.562. The number of carbonyl (C=O) groups excluding carboxylic acids is 1. The molecule has 1 fully saturated rings. The van der Waals surface area contributed by atoms with Gasteiger partial charge >= 0.3 is 0 Å². The second-order valence-electron chi connectivity index (χ2n) is 4.11. The summed E-state index contributed by atoms with van der Waals surface area (Å²) in [5.74, 6) is 0.200. The summed E-state index contributed by atoms with van der Waals surface area (Å²) in [7, 11) is 0. The van der Waals surface area contributed by atoms with Crippen molar-refractivity contribution in [3.05, 3.63) is 46.3 Å². The Labute approximate surface area is 93.9 Å². The summed E-state index contributed by atoms with van der Waals surface area (Å²) < 4.78 is 0. The van der Waals surface area contributed by atoms with Crippen LogP contribution in [0.3, 0.4) is 0 Å². The Kier molecular flexibility index (Phi) is 2.93. The van der Waals surface area contributed by atoms with Crippen LogP contribution in [0.15, 0.2) is 35.4 Å². The molecule has 1 aliphatic rings. The molecular weight excluding hydrogens is 202 g/mol. The molecule has 1 aromatic carbocycles. The number of Topliss-reactive ketones (excluding diaryl/α,β-unsaturated/α-hetero) is 1. The quantitative estimate of drug-likeness (QED) is 0.434. The summed E-state index contributed by atoms with van der Waals surface area (Å²) in [6.45, 7) is 0.242. The van der Waals surface area contributed by atoms with E-state index < -0.39 is 5.41 Å². The molecule has 2 rings (SSSR count). The van der Waals surface area contributed by atoms with Gasteiger partial charge in [-0.3, -0.25) is 4.79 Å². The molecule has 0 heterocycles. The molecule has 0 aromatic heterocycles. The number of hydrogen-bond acceptors (Lipinski definition) is 2. The normalized spacial score (nSPS) is 24.1. The van der Waals surface area contributed by atoms with Gasteiger partial charge in [0.15, 0.2) is 0 Å². The molecule has 0 spiro atoms. The zero-order valence-electron chi connectivity index (χ0n) is 8.97. The first-order chi connectivity index (χ1) is 7.79. The van der Waals surface area contributed by atoms with E-state index in [1.165, 1.54) is 0 Å². The molecule has 82 valence electrons. The topological polar surface area (TPSA) is 65.8 Å². The van der Waals surface area contributed by atoms with Crippen LogP contribution in [0.1, 0.15) is 24.8 Å². The van der Waals surface area contributed by atoms with Crippen molar-refractivity contribution in [1.82, 2.24) is 0 Å². The van der Waals surface area contributed by atoms with E-state index in [-0.39, 0.29) is 12.3 Å². The first-order valence-corrected chi connectivity index (χ1v) is 5.39. The summed E-state index contributed by atoms with van der Waals surface area (Å²) in [6.07, 6.45) is 2.26. The number of azide groups is 1. The lowest BCUT2D eigenvalue weighted by atomic mass is 9.78. The third-order valence-corrected chi connectivity index (χ3v) is 3.27. The van der Waals surface area contributed by atoms with Crippen molar-refractivity contribution < 1.29 is 4.79 Å². The fraction of sp³-hybridized carbons (Fsp3) is 0.417. The van der Waals surface area contributed by atoms with E-state index in [4.69, 9.17) is 5.53 Å². The van der Waals surface area contributed by atoms with Crippen molar-refractivity contribution in [2.75, 3.05) is 6.54 Å². The average molecular weight is 215 g/mol. The lowest BCUT2D eigenvalue weighted by molar-refractivity contribution is -0.121. The molecule has 0 saturated heterocycles. The van der Waals surface area contributed by atoms with Crippen LogP contribution >= 0.6 is 0 Å². The molecular formula is C12H13N3O. The maximum atomic E-state index is 12.0. The Morgan fingerprint density at radius 2 is 2.12 bits per heavy atom. The van der Waals surface area contributed by atoms with E-state index >= 15 is 0 Å². The molecule has 1 atom stereocenters. The van der Waals surface area contributed by atoms with Crippen molar-refractivity contribution in [1.29, 1.82) is 0 Å². The minimum absolute atomic E-state index is 0.200. The highest BCUT2D eigenvalue weighted by molar-refractivity contribution is 5.92. The first-order valence-electron chi connectivity index (χ1n) is 5.39. The number of ketones is 1. The van der Waals surface area contributed by atoms with Crippen molar-refractivity contribution in [3.63, 3.8) is 0 Å². The van der Waals surface area contributed by atoms with Gasteiger partial charge in [-0.2, -0.15) is 0 Å². The van der Waals surface area contributed by atoms with Gasteiger partial charge in [-0.1, -0.05) is 35.4 Å². The molecule has 0 N–H and O–H groups in total. The van der Waals surface area contributed by atoms with E-state index in [0.29, 0.717) is 6.42 Å². The van der Waals surface area contributed by atoms with Crippen molar-refractivity contribution >= 4 is 5.78 Å². The number of nitrogens with zero attached hydrogens (tertiary/aromatic N) is 3. The van der Waals surface area contributed by atoms with Crippen LogP contribution in [-0.4, -0.2) is 12.3 Å². The van der Waals surface area contributed by atoms with Crippen LogP contribution in [0.2, 0.25) is 0 Å². The average Bonchev–Trinajstić information content (AvgIpc) is 2.70. The molecule has 1 saturated carbocycles. The Morgan fingerprint density at radius 1 is 1.38 bits per heavy atom. The van der Waals surface area contributed by atoms with E-state index in [2.05, 4.69) is 10.0 Å². The fourth-order valence-electron chi connectivity index (χ4n) is 2.40. The Hall–Kier alpha value is -1.80. The molecule has 4 heteroatoms. The van der Waals surface area contributed by atoms with E-state index in [1.807, 2.05) is 30.3 Å². The highest BCUT2D eigenvalue weighted by atomic mass is 16.1. The maximum Gasteiger partial charge on any atom is 0.143 e. The largest absolute Gasteiger partial charge is 0.299 e. The molecule has 16 heavy (non-hydrogen) atoms. The van der Waals surface area contributed by atoms with Gasteiger partial charge in [-0.15, -0.1) is 0 Å². The van der Waals surface area contributed by atoms with E-state index in [9.17, 15) is 4.79 Å². The Morgan fingerprint density at radius 3 is 2.69 bits per heavy atom. The fourth-order valence-corrected chi connectivity index (χ4v) is 2.40. The van der Waals surface area contributed by atoms with Crippen LogP contribution in [0.25, 0.3) is 10.4 Å². The molecule has 0 amide bonds. The molecule has 0 bridgehead atoms. The molecule has 1 aliphatic carbocycles. The van der Waals surface area contributed by atoms with Gasteiger partial charge in [-0.05, 0) is 23.9 Å². The van der Waals surface area contributed by atoms with Crippen molar-refractivity contribution in [2.24, 2.45) is 5.11 Å². The Balaban J connectivity index is 2.42. The standard InChI is InChI=1S/C12H13N3O/c13-15-14-9-12(8-4-7-11(12)16)10-5-2-1-3-6-10/h1-3,5-6H,4,7-9H2. The minimum Gasteiger partial charge on any atom is -0.299 e. The third kappa shape index (κ3) is 1.68. The van der Waals surface area contributed by atoms with Crippen molar-refractivity contribution in [3.8, 4) is 0 Å². The van der Waals surface area contributed by atoms with Gasteiger partial charge < -0.3 is 0 Å². The SMILES string of the molecule is [N-]=[N+]=NCC1(c2ccccc2)CCCC1=O. The third-order valence-electron chi connectivity index (χ3n) is 3.27. The maximum absolute atomic E-state index is 12.0. The highest BCUT2D eigenvalue weighted by Crippen LogP contribution is 2.38. The van der Waals surface area contributed by atoms with Gasteiger partial charge in [0.25, 0.3) is 0 Å². The zero-order chi connectivity index (χ0) is 11.4. The number of rotatable bonds is 3. The van der Waals surface area contributed by atoms with Gasteiger partial charge in [-0.25, -0.2) is 0 Å². The van der Waals surface area contributed by atoms with E-state index in [1.54, 1.807) is 0 Å². The number of carbonyl (C=O) groups is 1. The van der Waals surface area contributed by atoms with Crippen LogP contribution in [0, 0.1) is 0 Å². The van der Waals surface area contributed by atoms with Crippen LogP contribution in [0.5, 0.6) is 0 Å². The summed E-state index contributed by atoms with van der Waals surface area (Å²) in [4.78, 5) is 14.8.